The monoisotopic (exact) mass is 425 g/mol. The minimum Gasteiger partial charge on any atom is -0.288 e. The molecule has 4 aromatic rings. The number of aryl methyl sites for hydroxylation is 2. The normalized spacial score (nSPS) is 14.2. The van der Waals surface area contributed by atoms with Crippen molar-refractivity contribution in [2.45, 2.75) is 19.3 Å². The fraction of sp³-hybridized carbons (Fsp3) is 0.120. The number of nitrogens with zero attached hydrogens (tertiary/aromatic N) is 1. The standard InChI is InChI=1S/C25H16BrNO/c26-17-10-8-14(9-11-17)22-20-12-15-4-3-5-16(15)13-21(20)27-24-18-6-1-2-7-19(18)25(28)23(22)24/h1-2,6-13H,3-5H2. The lowest BCUT2D eigenvalue weighted by Crippen LogP contribution is -2.01. The summed E-state index contributed by atoms with van der Waals surface area (Å²) >= 11 is 3.53. The first-order valence-electron chi connectivity index (χ1n) is 9.60. The second-order valence-corrected chi connectivity index (χ2v) is 8.50. The van der Waals surface area contributed by atoms with Crippen LogP contribution in [0.25, 0.3) is 33.3 Å². The summed E-state index contributed by atoms with van der Waals surface area (Å²) in [5.41, 5.74) is 9.14. The van der Waals surface area contributed by atoms with Crippen LogP contribution >= 0.6 is 15.9 Å². The van der Waals surface area contributed by atoms with E-state index in [2.05, 4.69) is 40.2 Å². The number of hydrogen-bond acceptors (Lipinski definition) is 2. The Labute approximate surface area is 171 Å². The molecule has 6 rings (SSSR count). The van der Waals surface area contributed by atoms with Gasteiger partial charge in [-0.25, -0.2) is 4.98 Å². The summed E-state index contributed by atoms with van der Waals surface area (Å²) in [5.74, 6) is 0.0819. The third-order valence-corrected chi connectivity index (χ3v) is 6.51. The number of ketones is 1. The van der Waals surface area contributed by atoms with E-state index < -0.39 is 0 Å². The van der Waals surface area contributed by atoms with Crippen molar-refractivity contribution in [2.24, 2.45) is 0 Å². The zero-order valence-corrected chi connectivity index (χ0v) is 16.7. The largest absolute Gasteiger partial charge is 0.288 e. The smallest absolute Gasteiger partial charge is 0.196 e. The zero-order chi connectivity index (χ0) is 18.8. The van der Waals surface area contributed by atoms with Gasteiger partial charge in [0.15, 0.2) is 5.78 Å². The number of benzene rings is 3. The highest BCUT2D eigenvalue weighted by atomic mass is 79.9. The number of aromatic nitrogens is 1. The van der Waals surface area contributed by atoms with Gasteiger partial charge in [-0.3, -0.25) is 4.79 Å². The van der Waals surface area contributed by atoms with E-state index in [-0.39, 0.29) is 5.78 Å². The molecule has 3 heteroatoms. The summed E-state index contributed by atoms with van der Waals surface area (Å²) in [5, 5.41) is 1.09. The molecule has 0 fully saturated rings. The number of carbonyl (C=O) groups excluding carboxylic acids is 1. The molecule has 0 unspecified atom stereocenters. The van der Waals surface area contributed by atoms with Gasteiger partial charge in [-0.2, -0.15) is 0 Å². The summed E-state index contributed by atoms with van der Waals surface area (Å²) in [7, 11) is 0. The Morgan fingerprint density at radius 3 is 2.32 bits per heavy atom. The van der Waals surface area contributed by atoms with Crippen LogP contribution in [0.5, 0.6) is 0 Å². The van der Waals surface area contributed by atoms with Crippen LogP contribution in [0.4, 0.5) is 0 Å². The van der Waals surface area contributed by atoms with Crippen molar-refractivity contribution < 1.29 is 4.79 Å². The van der Waals surface area contributed by atoms with Gasteiger partial charge in [0.25, 0.3) is 0 Å². The molecule has 0 saturated heterocycles. The Kier molecular flexibility index (Phi) is 3.39. The molecule has 0 radical (unpaired) electrons. The average Bonchev–Trinajstić information content (AvgIpc) is 3.28. The van der Waals surface area contributed by atoms with Crippen LogP contribution in [0.2, 0.25) is 0 Å². The SMILES string of the molecule is O=C1c2ccccc2-c2nc3cc4c(cc3c(-c3ccc(Br)cc3)c21)CCC4. The van der Waals surface area contributed by atoms with E-state index in [1.54, 1.807) is 0 Å². The van der Waals surface area contributed by atoms with Crippen molar-refractivity contribution in [1.29, 1.82) is 0 Å². The van der Waals surface area contributed by atoms with Gasteiger partial charge in [0.05, 0.1) is 16.8 Å². The van der Waals surface area contributed by atoms with Gasteiger partial charge >= 0.3 is 0 Å². The van der Waals surface area contributed by atoms with Gasteiger partial charge < -0.3 is 0 Å². The van der Waals surface area contributed by atoms with Gasteiger partial charge in [-0.05, 0) is 60.2 Å². The topological polar surface area (TPSA) is 30.0 Å². The van der Waals surface area contributed by atoms with Crippen molar-refractivity contribution in [3.8, 4) is 22.4 Å². The maximum Gasteiger partial charge on any atom is 0.196 e. The maximum atomic E-state index is 13.4. The molecule has 2 nitrogen and oxygen atoms in total. The second-order valence-electron chi connectivity index (χ2n) is 7.58. The van der Waals surface area contributed by atoms with Crippen molar-refractivity contribution in [3.63, 3.8) is 0 Å². The van der Waals surface area contributed by atoms with Gasteiger partial charge in [0, 0.05) is 26.5 Å². The maximum absolute atomic E-state index is 13.4. The predicted molar refractivity (Wildman–Crippen MR) is 116 cm³/mol. The molecule has 28 heavy (non-hydrogen) atoms. The molecular weight excluding hydrogens is 410 g/mol. The van der Waals surface area contributed by atoms with Gasteiger partial charge in [-0.1, -0.05) is 52.3 Å². The first-order chi connectivity index (χ1) is 13.7. The molecule has 0 spiro atoms. The summed E-state index contributed by atoms with van der Waals surface area (Å²) in [6, 6.07) is 20.6. The van der Waals surface area contributed by atoms with E-state index in [9.17, 15) is 4.79 Å². The quantitative estimate of drug-likeness (QED) is 0.312. The van der Waals surface area contributed by atoms with Crippen LogP contribution in [0, 0.1) is 0 Å². The van der Waals surface area contributed by atoms with E-state index in [0.29, 0.717) is 0 Å². The number of rotatable bonds is 1. The lowest BCUT2D eigenvalue weighted by Gasteiger charge is -2.14. The predicted octanol–water partition coefficient (Wildman–Crippen LogP) is 6.36. The third kappa shape index (κ3) is 2.20. The molecule has 1 aromatic heterocycles. The minimum atomic E-state index is 0.0819. The zero-order valence-electron chi connectivity index (χ0n) is 15.1. The van der Waals surface area contributed by atoms with Crippen LogP contribution in [-0.2, 0) is 12.8 Å². The summed E-state index contributed by atoms with van der Waals surface area (Å²) in [6.45, 7) is 0. The number of hydrogen-bond donors (Lipinski definition) is 0. The van der Waals surface area contributed by atoms with E-state index in [1.165, 1.54) is 17.5 Å². The first-order valence-corrected chi connectivity index (χ1v) is 10.4. The highest BCUT2D eigenvalue weighted by Gasteiger charge is 2.32. The molecule has 2 aliphatic carbocycles. The van der Waals surface area contributed by atoms with Crippen molar-refractivity contribution in [1.82, 2.24) is 4.98 Å². The van der Waals surface area contributed by atoms with Crippen molar-refractivity contribution in [3.05, 3.63) is 87.4 Å². The molecule has 1 heterocycles. The van der Waals surface area contributed by atoms with Crippen LogP contribution in [0.3, 0.4) is 0 Å². The molecule has 0 amide bonds. The first kappa shape index (κ1) is 16.2. The lowest BCUT2D eigenvalue weighted by molar-refractivity contribution is 0.104. The Balaban J connectivity index is 1.77. The number of carbonyl (C=O) groups is 1. The fourth-order valence-electron chi connectivity index (χ4n) is 4.69. The Hall–Kier alpha value is -2.78. The Morgan fingerprint density at radius 2 is 1.54 bits per heavy atom. The van der Waals surface area contributed by atoms with E-state index in [0.717, 1.165) is 61.7 Å². The molecule has 2 aliphatic rings. The average molecular weight is 426 g/mol. The van der Waals surface area contributed by atoms with Crippen molar-refractivity contribution in [2.75, 3.05) is 0 Å². The Bertz CT molecular complexity index is 1300. The van der Waals surface area contributed by atoms with E-state index in [4.69, 9.17) is 4.98 Å². The summed E-state index contributed by atoms with van der Waals surface area (Å²) in [6.07, 6.45) is 3.42. The lowest BCUT2D eigenvalue weighted by atomic mass is 9.92. The molecule has 134 valence electrons. The number of halogens is 1. The van der Waals surface area contributed by atoms with E-state index in [1.807, 2.05) is 36.4 Å². The number of pyridine rings is 1. The molecule has 0 saturated carbocycles. The highest BCUT2D eigenvalue weighted by molar-refractivity contribution is 9.10. The van der Waals surface area contributed by atoms with Crippen LogP contribution in [-0.4, -0.2) is 10.8 Å². The molecule has 0 N–H and O–H groups in total. The molecule has 0 atom stereocenters. The third-order valence-electron chi connectivity index (χ3n) is 5.99. The molecule has 0 bridgehead atoms. The Morgan fingerprint density at radius 1 is 0.821 bits per heavy atom. The molecule has 0 aliphatic heterocycles. The van der Waals surface area contributed by atoms with Crippen molar-refractivity contribution >= 4 is 32.6 Å². The van der Waals surface area contributed by atoms with Crippen LogP contribution in [0.1, 0.15) is 33.5 Å². The van der Waals surface area contributed by atoms with Gasteiger partial charge in [-0.15, -0.1) is 0 Å². The summed E-state index contributed by atoms with van der Waals surface area (Å²) in [4.78, 5) is 18.4. The van der Waals surface area contributed by atoms with Gasteiger partial charge in [0.2, 0.25) is 0 Å². The molecule has 3 aromatic carbocycles. The minimum absolute atomic E-state index is 0.0819. The highest BCUT2D eigenvalue weighted by Crippen LogP contribution is 2.44. The summed E-state index contributed by atoms with van der Waals surface area (Å²) < 4.78 is 1.03. The van der Waals surface area contributed by atoms with E-state index >= 15 is 0 Å². The van der Waals surface area contributed by atoms with Crippen LogP contribution < -0.4 is 0 Å². The fourth-order valence-corrected chi connectivity index (χ4v) is 4.95. The molecular formula is C25H16BrNO. The van der Waals surface area contributed by atoms with Gasteiger partial charge in [0.1, 0.15) is 0 Å². The van der Waals surface area contributed by atoms with Crippen LogP contribution in [0.15, 0.2) is 65.1 Å². The number of fused-ring (bicyclic) bond motifs is 5. The second kappa shape index (κ2) is 5.86.